The predicted octanol–water partition coefficient (Wildman–Crippen LogP) is 2.19. The molecule has 0 aromatic heterocycles. The lowest BCUT2D eigenvalue weighted by Crippen LogP contribution is -2.45. The molecule has 1 aliphatic rings. The van der Waals surface area contributed by atoms with E-state index in [1.54, 1.807) is 0 Å². The van der Waals surface area contributed by atoms with Gasteiger partial charge in [-0.2, -0.15) is 0 Å². The zero-order chi connectivity index (χ0) is 13.0. The van der Waals surface area contributed by atoms with Gasteiger partial charge >= 0.3 is 0 Å². The maximum absolute atomic E-state index is 5.95. The minimum Gasteiger partial charge on any atom is -0.377 e. The molecule has 1 fully saturated rings. The molecule has 3 heteroatoms. The molecule has 2 unspecified atom stereocenters. The molecule has 1 saturated heterocycles. The smallest absolute Gasteiger partial charge is 0.0670 e. The second-order valence-electron chi connectivity index (χ2n) is 5.14. The number of ether oxygens (including phenoxy) is 1. The van der Waals surface area contributed by atoms with Gasteiger partial charge in [0, 0.05) is 18.3 Å². The van der Waals surface area contributed by atoms with Crippen LogP contribution in [0.2, 0.25) is 0 Å². The second-order valence-corrected chi connectivity index (χ2v) is 5.14. The summed E-state index contributed by atoms with van der Waals surface area (Å²) in [5.74, 6) is 0. The second kappa shape index (κ2) is 6.21. The third-order valence-electron chi connectivity index (χ3n) is 3.54. The lowest BCUT2D eigenvalue weighted by molar-refractivity contribution is 0.0929. The number of anilines is 1. The molecule has 0 saturated carbocycles. The van der Waals surface area contributed by atoms with Crippen molar-refractivity contribution in [1.82, 2.24) is 0 Å². The number of nitrogens with two attached hydrogens (primary N) is 1. The van der Waals surface area contributed by atoms with E-state index in [1.165, 1.54) is 11.3 Å². The van der Waals surface area contributed by atoms with Crippen molar-refractivity contribution in [2.24, 2.45) is 5.73 Å². The Morgan fingerprint density at radius 1 is 1.44 bits per heavy atom. The molecular formula is C15H24N2O. The Hall–Kier alpha value is -1.06. The van der Waals surface area contributed by atoms with Gasteiger partial charge in [0.1, 0.15) is 0 Å². The summed E-state index contributed by atoms with van der Waals surface area (Å²) in [6.07, 6.45) is 2.05. The molecule has 1 aromatic rings. The maximum atomic E-state index is 5.95. The largest absolute Gasteiger partial charge is 0.377 e. The van der Waals surface area contributed by atoms with Gasteiger partial charge in [0.25, 0.3) is 0 Å². The summed E-state index contributed by atoms with van der Waals surface area (Å²) < 4.78 is 5.58. The van der Waals surface area contributed by atoms with E-state index in [0.29, 0.717) is 6.04 Å². The normalized spacial score (nSPS) is 21.9. The van der Waals surface area contributed by atoms with Crippen LogP contribution in [0.1, 0.15) is 25.8 Å². The summed E-state index contributed by atoms with van der Waals surface area (Å²) in [5, 5.41) is 0. The minimum absolute atomic E-state index is 0.201. The number of morpholine rings is 1. The molecule has 1 heterocycles. The molecule has 0 bridgehead atoms. The van der Waals surface area contributed by atoms with Crippen LogP contribution in [0, 0.1) is 0 Å². The van der Waals surface area contributed by atoms with Crippen molar-refractivity contribution in [3.63, 3.8) is 0 Å². The highest BCUT2D eigenvalue weighted by Crippen LogP contribution is 2.26. The van der Waals surface area contributed by atoms with E-state index >= 15 is 0 Å². The molecule has 0 spiro atoms. The van der Waals surface area contributed by atoms with E-state index in [4.69, 9.17) is 10.5 Å². The molecule has 2 N–H and O–H groups in total. The number of benzene rings is 1. The van der Waals surface area contributed by atoms with E-state index in [-0.39, 0.29) is 6.04 Å². The Bertz CT molecular complexity index is 379. The van der Waals surface area contributed by atoms with Gasteiger partial charge in [0.2, 0.25) is 0 Å². The number of para-hydroxylation sites is 1. The standard InChI is InChI=1S/C15H24N2O/c1-3-14-11-18-9-8-17(14)15-7-5-4-6-13(15)10-12(2)16/h4-7,12,14H,3,8-11,16H2,1-2H3. The summed E-state index contributed by atoms with van der Waals surface area (Å²) >= 11 is 0. The van der Waals surface area contributed by atoms with Crippen molar-refractivity contribution in [2.75, 3.05) is 24.7 Å². The van der Waals surface area contributed by atoms with E-state index < -0.39 is 0 Å². The molecule has 0 radical (unpaired) electrons. The van der Waals surface area contributed by atoms with Crippen molar-refractivity contribution in [3.8, 4) is 0 Å². The van der Waals surface area contributed by atoms with Crippen LogP contribution in [0.4, 0.5) is 5.69 Å². The lowest BCUT2D eigenvalue weighted by atomic mass is 10.0. The zero-order valence-electron chi connectivity index (χ0n) is 11.4. The lowest BCUT2D eigenvalue weighted by Gasteiger charge is -2.38. The molecular weight excluding hydrogens is 224 g/mol. The summed E-state index contributed by atoms with van der Waals surface area (Å²) in [7, 11) is 0. The highest BCUT2D eigenvalue weighted by Gasteiger charge is 2.23. The number of hydrogen-bond acceptors (Lipinski definition) is 3. The first-order chi connectivity index (χ1) is 8.72. The van der Waals surface area contributed by atoms with E-state index in [9.17, 15) is 0 Å². The van der Waals surface area contributed by atoms with Crippen molar-refractivity contribution in [3.05, 3.63) is 29.8 Å². The van der Waals surface area contributed by atoms with Gasteiger partial charge in [-0.3, -0.25) is 0 Å². The van der Waals surface area contributed by atoms with Gasteiger partial charge in [-0.15, -0.1) is 0 Å². The fourth-order valence-electron chi connectivity index (χ4n) is 2.62. The van der Waals surface area contributed by atoms with Crippen LogP contribution in [-0.4, -0.2) is 31.8 Å². The summed E-state index contributed by atoms with van der Waals surface area (Å²) in [6, 6.07) is 9.32. The first-order valence-corrected chi connectivity index (χ1v) is 6.90. The molecule has 2 rings (SSSR count). The molecule has 1 aliphatic heterocycles. The quantitative estimate of drug-likeness (QED) is 0.887. The fourth-order valence-corrected chi connectivity index (χ4v) is 2.62. The number of rotatable bonds is 4. The number of hydrogen-bond donors (Lipinski definition) is 1. The van der Waals surface area contributed by atoms with E-state index in [2.05, 4.69) is 43.0 Å². The van der Waals surface area contributed by atoms with Gasteiger partial charge < -0.3 is 15.4 Å². The van der Waals surface area contributed by atoms with Crippen molar-refractivity contribution < 1.29 is 4.74 Å². The van der Waals surface area contributed by atoms with Crippen LogP contribution in [-0.2, 0) is 11.2 Å². The summed E-state index contributed by atoms with van der Waals surface area (Å²) in [6.45, 7) is 6.93. The fraction of sp³-hybridized carbons (Fsp3) is 0.600. The Morgan fingerprint density at radius 2 is 2.22 bits per heavy atom. The Balaban J connectivity index is 2.24. The van der Waals surface area contributed by atoms with Gasteiger partial charge in [-0.05, 0) is 31.4 Å². The van der Waals surface area contributed by atoms with Gasteiger partial charge in [0.05, 0.1) is 19.3 Å². The third-order valence-corrected chi connectivity index (χ3v) is 3.54. The molecule has 2 atom stereocenters. The molecule has 0 aliphatic carbocycles. The van der Waals surface area contributed by atoms with Gasteiger partial charge in [-0.1, -0.05) is 25.1 Å². The SMILES string of the molecule is CCC1COCCN1c1ccccc1CC(C)N. The molecule has 100 valence electrons. The Kier molecular flexibility index (Phi) is 4.61. The van der Waals surface area contributed by atoms with Crippen LogP contribution in [0.5, 0.6) is 0 Å². The molecule has 1 aromatic carbocycles. The first kappa shape index (κ1) is 13.4. The topological polar surface area (TPSA) is 38.5 Å². The molecule has 0 amide bonds. The molecule has 3 nitrogen and oxygen atoms in total. The third kappa shape index (κ3) is 3.03. The predicted molar refractivity (Wildman–Crippen MR) is 76.0 cm³/mol. The zero-order valence-corrected chi connectivity index (χ0v) is 11.4. The average Bonchev–Trinajstić information content (AvgIpc) is 2.39. The van der Waals surface area contributed by atoms with Crippen molar-refractivity contribution >= 4 is 5.69 Å². The molecule has 18 heavy (non-hydrogen) atoms. The average molecular weight is 248 g/mol. The van der Waals surface area contributed by atoms with E-state index in [0.717, 1.165) is 32.6 Å². The van der Waals surface area contributed by atoms with Gasteiger partial charge in [0.15, 0.2) is 0 Å². The Labute approximate surface area is 110 Å². The highest BCUT2D eigenvalue weighted by molar-refractivity contribution is 5.55. The minimum atomic E-state index is 0.201. The summed E-state index contributed by atoms with van der Waals surface area (Å²) in [4.78, 5) is 2.49. The Morgan fingerprint density at radius 3 is 2.94 bits per heavy atom. The maximum Gasteiger partial charge on any atom is 0.0670 e. The first-order valence-electron chi connectivity index (χ1n) is 6.90. The van der Waals surface area contributed by atoms with Crippen LogP contribution in [0.15, 0.2) is 24.3 Å². The van der Waals surface area contributed by atoms with Crippen LogP contribution < -0.4 is 10.6 Å². The van der Waals surface area contributed by atoms with Crippen molar-refractivity contribution in [2.45, 2.75) is 38.8 Å². The van der Waals surface area contributed by atoms with Gasteiger partial charge in [-0.25, -0.2) is 0 Å². The van der Waals surface area contributed by atoms with Crippen LogP contribution in [0.25, 0.3) is 0 Å². The van der Waals surface area contributed by atoms with E-state index in [1.807, 2.05) is 0 Å². The number of nitrogens with zero attached hydrogens (tertiary/aromatic N) is 1. The van der Waals surface area contributed by atoms with Crippen molar-refractivity contribution in [1.29, 1.82) is 0 Å². The van der Waals surface area contributed by atoms with Crippen LogP contribution in [0.3, 0.4) is 0 Å². The highest BCUT2D eigenvalue weighted by atomic mass is 16.5. The monoisotopic (exact) mass is 248 g/mol. The van der Waals surface area contributed by atoms with Crippen LogP contribution >= 0.6 is 0 Å². The summed E-state index contributed by atoms with van der Waals surface area (Å²) in [5.41, 5.74) is 8.64.